The van der Waals surface area contributed by atoms with Crippen molar-refractivity contribution in [3.05, 3.63) is 59.7 Å². The second kappa shape index (κ2) is 5.66. The number of nitriles is 1. The fraction of sp³-hybridized carbons (Fsp3) is 0.235. The van der Waals surface area contributed by atoms with Crippen molar-refractivity contribution in [2.24, 2.45) is 0 Å². The topological polar surface area (TPSA) is 42.2 Å². The molecule has 0 saturated heterocycles. The van der Waals surface area contributed by atoms with Crippen molar-refractivity contribution in [1.82, 2.24) is 0 Å². The number of methoxy groups -OCH3 is 1. The normalized spacial score (nSPS) is 10.7. The summed E-state index contributed by atoms with van der Waals surface area (Å²) in [4.78, 5) is 0. The summed E-state index contributed by atoms with van der Waals surface area (Å²) >= 11 is 0. The maximum absolute atomic E-state index is 8.91. The van der Waals surface area contributed by atoms with Gasteiger partial charge < -0.3 is 9.47 Å². The van der Waals surface area contributed by atoms with Gasteiger partial charge in [-0.15, -0.1) is 0 Å². The minimum atomic E-state index is -0.483. The van der Waals surface area contributed by atoms with Crippen LogP contribution in [0, 0.1) is 11.3 Å². The quantitative estimate of drug-likeness (QED) is 0.844. The van der Waals surface area contributed by atoms with E-state index in [1.165, 1.54) is 0 Å². The van der Waals surface area contributed by atoms with E-state index in [1.54, 1.807) is 25.3 Å². The second-order valence-corrected chi connectivity index (χ2v) is 4.96. The van der Waals surface area contributed by atoms with Crippen molar-refractivity contribution >= 4 is 0 Å². The third kappa shape index (κ3) is 2.92. The number of ether oxygens (including phenoxy) is 2. The van der Waals surface area contributed by atoms with Crippen molar-refractivity contribution in [3.8, 4) is 17.6 Å². The summed E-state index contributed by atoms with van der Waals surface area (Å²) < 4.78 is 11.4. The number of rotatable bonds is 4. The van der Waals surface area contributed by atoms with Gasteiger partial charge in [0.1, 0.15) is 5.60 Å². The number of nitrogens with zero attached hydrogens (tertiary/aromatic N) is 1. The van der Waals surface area contributed by atoms with E-state index in [4.69, 9.17) is 14.7 Å². The molecular formula is C17H17NO2. The highest BCUT2D eigenvalue weighted by molar-refractivity contribution is 5.47. The summed E-state index contributed by atoms with van der Waals surface area (Å²) in [5, 5.41) is 8.91. The molecule has 0 N–H and O–H groups in total. The predicted molar refractivity (Wildman–Crippen MR) is 77.8 cm³/mol. The molecule has 0 aliphatic rings. The van der Waals surface area contributed by atoms with Gasteiger partial charge >= 0.3 is 0 Å². The third-order valence-electron chi connectivity index (χ3n) is 3.13. The van der Waals surface area contributed by atoms with Crippen molar-refractivity contribution in [2.75, 3.05) is 7.11 Å². The molecule has 0 spiro atoms. The molecule has 0 amide bonds. The SMILES string of the molecule is COc1cc(C#N)ccc1OC(C)(C)c1ccccc1. The molecule has 102 valence electrons. The third-order valence-corrected chi connectivity index (χ3v) is 3.13. The Morgan fingerprint density at radius 3 is 2.30 bits per heavy atom. The molecule has 0 aromatic heterocycles. The summed E-state index contributed by atoms with van der Waals surface area (Å²) in [5.74, 6) is 1.19. The van der Waals surface area contributed by atoms with Crippen molar-refractivity contribution in [1.29, 1.82) is 5.26 Å². The Bertz CT molecular complexity index is 627. The second-order valence-electron chi connectivity index (χ2n) is 4.96. The average Bonchev–Trinajstić information content (AvgIpc) is 2.48. The molecule has 0 unspecified atom stereocenters. The first-order chi connectivity index (χ1) is 9.56. The van der Waals surface area contributed by atoms with E-state index in [-0.39, 0.29) is 0 Å². The zero-order valence-corrected chi connectivity index (χ0v) is 11.9. The molecular weight excluding hydrogens is 250 g/mol. The van der Waals surface area contributed by atoms with Gasteiger partial charge in [0.05, 0.1) is 18.7 Å². The van der Waals surface area contributed by atoms with Crippen LogP contribution in [0.5, 0.6) is 11.5 Å². The van der Waals surface area contributed by atoms with E-state index in [0.29, 0.717) is 17.1 Å². The fourth-order valence-electron chi connectivity index (χ4n) is 1.99. The maximum Gasteiger partial charge on any atom is 0.162 e. The van der Waals surface area contributed by atoms with Gasteiger partial charge in [0.2, 0.25) is 0 Å². The van der Waals surface area contributed by atoms with Gasteiger partial charge in [0.15, 0.2) is 11.5 Å². The van der Waals surface area contributed by atoms with Gasteiger partial charge in [0.25, 0.3) is 0 Å². The molecule has 0 radical (unpaired) electrons. The van der Waals surface area contributed by atoms with E-state index in [1.807, 2.05) is 44.2 Å². The summed E-state index contributed by atoms with van der Waals surface area (Å²) in [6.45, 7) is 4.00. The van der Waals surface area contributed by atoms with Crippen LogP contribution in [0.3, 0.4) is 0 Å². The lowest BCUT2D eigenvalue weighted by atomic mass is 9.98. The highest BCUT2D eigenvalue weighted by atomic mass is 16.5. The molecule has 20 heavy (non-hydrogen) atoms. The van der Waals surface area contributed by atoms with E-state index >= 15 is 0 Å². The molecule has 2 rings (SSSR count). The molecule has 0 atom stereocenters. The summed E-state index contributed by atoms with van der Waals surface area (Å²) in [6.07, 6.45) is 0. The zero-order chi connectivity index (χ0) is 14.6. The number of hydrogen-bond donors (Lipinski definition) is 0. The molecule has 3 heteroatoms. The average molecular weight is 267 g/mol. The van der Waals surface area contributed by atoms with E-state index in [0.717, 1.165) is 5.56 Å². The van der Waals surface area contributed by atoms with Crippen LogP contribution < -0.4 is 9.47 Å². The molecule has 0 bridgehead atoms. The molecule has 0 heterocycles. The summed E-state index contributed by atoms with van der Waals surface area (Å²) in [5.41, 5.74) is 1.14. The van der Waals surface area contributed by atoms with Crippen LogP contribution in [-0.2, 0) is 5.60 Å². The summed E-state index contributed by atoms with van der Waals surface area (Å²) in [7, 11) is 1.57. The fourth-order valence-corrected chi connectivity index (χ4v) is 1.99. The first kappa shape index (κ1) is 14.0. The first-order valence-electron chi connectivity index (χ1n) is 6.39. The van der Waals surface area contributed by atoms with Gasteiger partial charge in [-0.3, -0.25) is 0 Å². The van der Waals surface area contributed by atoms with Gasteiger partial charge in [0, 0.05) is 6.07 Å². The Morgan fingerprint density at radius 2 is 1.70 bits per heavy atom. The van der Waals surface area contributed by atoms with Crippen LogP contribution in [0.15, 0.2) is 48.5 Å². The molecule has 0 saturated carbocycles. The van der Waals surface area contributed by atoms with Crippen molar-refractivity contribution in [3.63, 3.8) is 0 Å². The molecule has 0 fully saturated rings. The standard InChI is InChI=1S/C17H17NO2/c1-17(2,14-7-5-4-6-8-14)20-15-10-9-13(12-18)11-16(15)19-3/h4-11H,1-3H3. The van der Waals surface area contributed by atoms with Crippen LogP contribution >= 0.6 is 0 Å². The van der Waals surface area contributed by atoms with Gasteiger partial charge in [-0.25, -0.2) is 0 Å². The van der Waals surface area contributed by atoms with Crippen molar-refractivity contribution in [2.45, 2.75) is 19.4 Å². The Balaban J connectivity index is 2.32. The predicted octanol–water partition coefficient (Wildman–Crippen LogP) is 3.88. The largest absolute Gasteiger partial charge is 0.493 e. The minimum absolute atomic E-state index is 0.483. The molecule has 0 aliphatic carbocycles. The van der Waals surface area contributed by atoms with Crippen LogP contribution in [0.25, 0.3) is 0 Å². The Labute approximate surface area is 119 Å². The van der Waals surface area contributed by atoms with Crippen LogP contribution in [0.2, 0.25) is 0 Å². The lowest BCUT2D eigenvalue weighted by Crippen LogP contribution is -2.25. The first-order valence-corrected chi connectivity index (χ1v) is 6.39. The Kier molecular flexibility index (Phi) is 3.95. The lowest BCUT2D eigenvalue weighted by molar-refractivity contribution is 0.104. The highest BCUT2D eigenvalue weighted by Gasteiger charge is 2.24. The molecule has 3 nitrogen and oxygen atoms in total. The van der Waals surface area contributed by atoms with Gasteiger partial charge in [-0.05, 0) is 31.5 Å². The zero-order valence-electron chi connectivity index (χ0n) is 11.9. The van der Waals surface area contributed by atoms with E-state index < -0.39 is 5.60 Å². The van der Waals surface area contributed by atoms with E-state index in [9.17, 15) is 0 Å². The van der Waals surface area contributed by atoms with E-state index in [2.05, 4.69) is 6.07 Å². The van der Waals surface area contributed by atoms with Gasteiger partial charge in [-0.1, -0.05) is 30.3 Å². The minimum Gasteiger partial charge on any atom is -0.493 e. The smallest absolute Gasteiger partial charge is 0.162 e. The molecule has 2 aromatic carbocycles. The van der Waals surface area contributed by atoms with Crippen LogP contribution in [-0.4, -0.2) is 7.11 Å². The number of hydrogen-bond acceptors (Lipinski definition) is 3. The lowest BCUT2D eigenvalue weighted by Gasteiger charge is -2.28. The number of benzene rings is 2. The van der Waals surface area contributed by atoms with Crippen LogP contribution in [0.1, 0.15) is 25.0 Å². The monoisotopic (exact) mass is 267 g/mol. The van der Waals surface area contributed by atoms with Gasteiger partial charge in [-0.2, -0.15) is 5.26 Å². The molecule has 0 aliphatic heterocycles. The Morgan fingerprint density at radius 1 is 1.00 bits per heavy atom. The maximum atomic E-state index is 8.91. The van der Waals surface area contributed by atoms with Crippen molar-refractivity contribution < 1.29 is 9.47 Å². The van der Waals surface area contributed by atoms with Crippen LogP contribution in [0.4, 0.5) is 0 Å². The Hall–Kier alpha value is -2.47. The summed E-state index contributed by atoms with van der Waals surface area (Å²) in [6, 6.07) is 17.2. The highest BCUT2D eigenvalue weighted by Crippen LogP contribution is 2.34. The molecule has 2 aromatic rings.